The Hall–Kier alpha value is -4.57. The molecular formula is C34H37N5O4S. The number of nitrogens with one attached hydrogen (secondary N) is 2. The summed E-state index contributed by atoms with van der Waals surface area (Å²) in [5.74, 6) is -0.482. The number of anilines is 3. The maximum atomic E-state index is 13.7. The maximum Gasteiger partial charge on any atom is 0.303 e. The van der Waals surface area contributed by atoms with E-state index in [0.29, 0.717) is 34.8 Å². The van der Waals surface area contributed by atoms with Crippen molar-refractivity contribution in [1.82, 2.24) is 9.78 Å². The Balaban J connectivity index is 1.35. The zero-order valence-corrected chi connectivity index (χ0v) is 25.8. The van der Waals surface area contributed by atoms with Crippen LogP contribution in [0.5, 0.6) is 0 Å². The smallest absolute Gasteiger partial charge is 0.303 e. The fraction of sp³-hybridized carbons (Fsp3) is 0.294. The van der Waals surface area contributed by atoms with Crippen LogP contribution in [0.15, 0.2) is 77.8 Å². The third-order valence-corrected chi connectivity index (χ3v) is 8.78. The number of piperidine rings is 1. The molecule has 1 fully saturated rings. The molecule has 2 heterocycles. The molecule has 10 heteroatoms. The van der Waals surface area contributed by atoms with Crippen LogP contribution in [-0.2, 0) is 4.79 Å². The highest BCUT2D eigenvalue weighted by Crippen LogP contribution is 2.28. The molecule has 9 nitrogen and oxygen atoms in total. The number of carbonyl (C=O) groups excluding carboxylic acids is 2. The van der Waals surface area contributed by atoms with E-state index in [9.17, 15) is 14.4 Å². The summed E-state index contributed by atoms with van der Waals surface area (Å²) in [5.41, 5.74) is 5.39. The van der Waals surface area contributed by atoms with E-state index in [4.69, 9.17) is 5.11 Å². The van der Waals surface area contributed by atoms with E-state index in [1.807, 2.05) is 43.3 Å². The van der Waals surface area contributed by atoms with E-state index in [1.54, 1.807) is 41.2 Å². The van der Waals surface area contributed by atoms with Crippen LogP contribution in [0, 0.1) is 13.8 Å². The molecule has 1 aliphatic heterocycles. The largest absolute Gasteiger partial charge is 0.481 e. The molecule has 0 aliphatic carbocycles. The van der Waals surface area contributed by atoms with E-state index in [-0.39, 0.29) is 18.2 Å². The second kappa shape index (κ2) is 14.3. The topological polar surface area (TPSA) is 117 Å². The van der Waals surface area contributed by atoms with Crippen LogP contribution in [0.2, 0.25) is 0 Å². The van der Waals surface area contributed by atoms with Gasteiger partial charge in [-0.2, -0.15) is 5.10 Å². The van der Waals surface area contributed by atoms with Gasteiger partial charge in [0.25, 0.3) is 11.8 Å². The second-order valence-corrected chi connectivity index (χ2v) is 12.1. The molecule has 0 atom stereocenters. The summed E-state index contributed by atoms with van der Waals surface area (Å²) in [6.45, 7) is 5.95. The molecule has 0 bridgehead atoms. The number of carboxylic acid groups (broad SMARTS) is 1. The van der Waals surface area contributed by atoms with Crippen molar-refractivity contribution < 1.29 is 19.5 Å². The minimum atomic E-state index is -0.820. The summed E-state index contributed by atoms with van der Waals surface area (Å²) in [5, 5.41) is 19.3. The molecule has 0 saturated carbocycles. The predicted octanol–water partition coefficient (Wildman–Crippen LogP) is 6.94. The third-order valence-electron chi connectivity index (χ3n) is 7.70. The molecule has 4 aromatic rings. The number of thioether (sulfide) groups is 1. The maximum absolute atomic E-state index is 13.7. The van der Waals surface area contributed by atoms with E-state index in [1.165, 1.54) is 23.7 Å². The number of benzene rings is 3. The van der Waals surface area contributed by atoms with Crippen molar-refractivity contribution >= 4 is 46.7 Å². The SMILES string of the molecule is Cc1ccc(-n2ccc(NC(=O)c3cc(N4CCCCC4)ccc3NC(=O)c3cccc(SCCCC(=O)O)c3)n2)cc1C. The van der Waals surface area contributed by atoms with Crippen molar-refractivity contribution in [3.8, 4) is 5.69 Å². The van der Waals surface area contributed by atoms with Gasteiger partial charge in [0.1, 0.15) is 0 Å². The molecule has 44 heavy (non-hydrogen) atoms. The van der Waals surface area contributed by atoms with Gasteiger partial charge in [-0.1, -0.05) is 12.1 Å². The lowest BCUT2D eigenvalue weighted by Crippen LogP contribution is -2.29. The fourth-order valence-corrected chi connectivity index (χ4v) is 6.01. The average Bonchev–Trinajstić information content (AvgIpc) is 3.49. The zero-order valence-electron chi connectivity index (χ0n) is 25.0. The second-order valence-electron chi connectivity index (χ2n) is 11.0. The van der Waals surface area contributed by atoms with Crippen LogP contribution in [0.4, 0.5) is 17.2 Å². The van der Waals surface area contributed by atoms with Gasteiger partial charge in [0, 0.05) is 47.9 Å². The van der Waals surface area contributed by atoms with Crippen LogP contribution in [0.1, 0.15) is 63.9 Å². The predicted molar refractivity (Wildman–Crippen MR) is 175 cm³/mol. The Bertz CT molecular complexity index is 1660. The van der Waals surface area contributed by atoms with Crippen molar-refractivity contribution in [1.29, 1.82) is 0 Å². The molecule has 3 N–H and O–H groups in total. The Morgan fingerprint density at radius 2 is 1.66 bits per heavy atom. The van der Waals surface area contributed by atoms with Crippen molar-refractivity contribution in [2.45, 2.75) is 50.8 Å². The molecule has 0 unspecified atom stereocenters. The first-order valence-corrected chi connectivity index (χ1v) is 15.8. The summed E-state index contributed by atoms with van der Waals surface area (Å²) in [7, 11) is 0. The first-order valence-electron chi connectivity index (χ1n) is 14.9. The Morgan fingerprint density at radius 3 is 2.43 bits per heavy atom. The van der Waals surface area contributed by atoms with Gasteiger partial charge in [-0.15, -0.1) is 11.8 Å². The summed E-state index contributed by atoms with van der Waals surface area (Å²) < 4.78 is 1.72. The van der Waals surface area contributed by atoms with Crippen LogP contribution in [0.3, 0.4) is 0 Å². The summed E-state index contributed by atoms with van der Waals surface area (Å²) in [6.07, 6.45) is 5.84. The molecule has 228 valence electrons. The zero-order chi connectivity index (χ0) is 31.1. The van der Waals surface area contributed by atoms with Gasteiger partial charge >= 0.3 is 5.97 Å². The standard InChI is InChI=1S/C34H37N5O4S/c1-23-11-12-27(20-24(23)2)39-18-15-31(37-39)36-34(43)29-22-26(38-16-4-3-5-17-38)13-14-30(29)35-33(42)25-8-6-9-28(21-25)44-19-7-10-32(40)41/h6,8-9,11-15,18,20-22H,3-5,7,10,16-17,19H2,1-2H3,(H,35,42)(H,40,41)(H,36,37,43). The number of aryl methyl sites for hydroxylation is 2. The number of amides is 2. The fourth-order valence-electron chi connectivity index (χ4n) is 5.10. The van der Waals surface area contributed by atoms with E-state index in [0.717, 1.165) is 47.8 Å². The number of carbonyl (C=O) groups is 3. The molecule has 3 aromatic carbocycles. The first kappa shape index (κ1) is 30.9. The number of nitrogens with zero attached hydrogens (tertiary/aromatic N) is 3. The molecule has 0 spiro atoms. The van der Waals surface area contributed by atoms with Gasteiger partial charge < -0.3 is 20.6 Å². The number of aliphatic carboxylic acids is 1. The van der Waals surface area contributed by atoms with Gasteiger partial charge in [-0.3, -0.25) is 14.4 Å². The van der Waals surface area contributed by atoms with Gasteiger partial charge in [0.15, 0.2) is 5.82 Å². The highest BCUT2D eigenvalue weighted by atomic mass is 32.2. The van der Waals surface area contributed by atoms with Crippen LogP contribution in [-0.4, -0.2) is 51.5 Å². The quantitative estimate of drug-likeness (QED) is 0.124. The Labute approximate surface area is 261 Å². The number of hydrogen-bond acceptors (Lipinski definition) is 6. The van der Waals surface area contributed by atoms with E-state index in [2.05, 4.69) is 27.6 Å². The monoisotopic (exact) mass is 611 g/mol. The minimum Gasteiger partial charge on any atom is -0.481 e. The normalized spacial score (nSPS) is 13.0. The summed E-state index contributed by atoms with van der Waals surface area (Å²) >= 11 is 1.51. The van der Waals surface area contributed by atoms with E-state index < -0.39 is 5.97 Å². The molecule has 2 amide bonds. The molecule has 1 aliphatic rings. The van der Waals surface area contributed by atoms with Crippen LogP contribution < -0.4 is 15.5 Å². The Kier molecular flexibility index (Phi) is 10.0. The van der Waals surface area contributed by atoms with Crippen molar-refractivity contribution in [3.05, 3.63) is 95.2 Å². The number of hydrogen-bond donors (Lipinski definition) is 3. The molecule has 5 rings (SSSR count). The number of rotatable bonds is 11. The summed E-state index contributed by atoms with van der Waals surface area (Å²) in [4.78, 5) is 41.0. The highest BCUT2D eigenvalue weighted by molar-refractivity contribution is 7.99. The Morgan fingerprint density at radius 1 is 0.864 bits per heavy atom. The van der Waals surface area contributed by atoms with Crippen LogP contribution in [0.25, 0.3) is 5.69 Å². The first-order chi connectivity index (χ1) is 21.3. The molecule has 1 saturated heterocycles. The number of aromatic nitrogens is 2. The minimum absolute atomic E-state index is 0.108. The van der Waals surface area contributed by atoms with Gasteiger partial charge in [0.2, 0.25) is 0 Å². The number of carboxylic acids is 1. The lowest BCUT2D eigenvalue weighted by molar-refractivity contribution is -0.137. The third kappa shape index (κ3) is 7.87. The van der Waals surface area contributed by atoms with Crippen molar-refractivity contribution in [2.75, 3.05) is 34.4 Å². The molecular weight excluding hydrogens is 574 g/mol. The van der Waals surface area contributed by atoms with Gasteiger partial charge in [0.05, 0.1) is 16.9 Å². The highest BCUT2D eigenvalue weighted by Gasteiger charge is 2.20. The van der Waals surface area contributed by atoms with Gasteiger partial charge in [-0.05, 0) is 105 Å². The lowest BCUT2D eigenvalue weighted by Gasteiger charge is -2.29. The van der Waals surface area contributed by atoms with E-state index >= 15 is 0 Å². The average molecular weight is 612 g/mol. The van der Waals surface area contributed by atoms with Gasteiger partial charge in [-0.25, -0.2) is 4.68 Å². The molecule has 1 aromatic heterocycles. The van der Waals surface area contributed by atoms with Crippen molar-refractivity contribution in [3.63, 3.8) is 0 Å². The molecule has 0 radical (unpaired) electrons. The summed E-state index contributed by atoms with van der Waals surface area (Å²) in [6, 6.07) is 20.6. The van der Waals surface area contributed by atoms with Crippen LogP contribution >= 0.6 is 11.8 Å². The lowest BCUT2D eigenvalue weighted by atomic mass is 10.1. The van der Waals surface area contributed by atoms with Crippen molar-refractivity contribution in [2.24, 2.45) is 0 Å².